The van der Waals surface area contributed by atoms with Crippen molar-refractivity contribution in [1.29, 1.82) is 0 Å². The lowest BCUT2D eigenvalue weighted by atomic mass is 10.3. The fourth-order valence-corrected chi connectivity index (χ4v) is 1.76. The van der Waals surface area contributed by atoms with Crippen LogP contribution in [-0.4, -0.2) is 28.5 Å². The Bertz CT molecular complexity index is 384. The molecule has 0 aliphatic rings. The molecule has 18 heavy (non-hydrogen) atoms. The van der Waals surface area contributed by atoms with E-state index >= 15 is 0 Å². The van der Waals surface area contributed by atoms with Crippen molar-refractivity contribution in [3.05, 3.63) is 11.9 Å². The van der Waals surface area contributed by atoms with Crippen molar-refractivity contribution in [1.82, 2.24) is 9.97 Å². The van der Waals surface area contributed by atoms with Gasteiger partial charge in [0.1, 0.15) is 11.6 Å². The maximum Gasteiger partial charge on any atom is 0.451 e. The van der Waals surface area contributed by atoms with Crippen LogP contribution in [0.1, 0.15) is 18.7 Å². The smallest absolute Gasteiger partial charge is 0.384 e. The molecule has 0 saturated carbocycles. The van der Waals surface area contributed by atoms with E-state index in [0.717, 1.165) is 18.6 Å². The standard InChI is InChI=1S/C10H15F3N4S/c1-18-5-3-2-4-15-8-6-7(14)16-9(17-8)10(11,12)13/h6H,2-5H2,1H3,(H3,14,15,16,17). The molecule has 8 heteroatoms. The summed E-state index contributed by atoms with van der Waals surface area (Å²) in [6, 6.07) is 1.30. The van der Waals surface area contributed by atoms with Crippen LogP contribution in [0.3, 0.4) is 0 Å². The van der Waals surface area contributed by atoms with Crippen LogP contribution < -0.4 is 11.1 Å². The zero-order valence-electron chi connectivity index (χ0n) is 9.92. The Morgan fingerprint density at radius 2 is 2.06 bits per heavy atom. The van der Waals surface area contributed by atoms with Crippen molar-refractivity contribution in [2.45, 2.75) is 19.0 Å². The molecule has 102 valence electrons. The summed E-state index contributed by atoms with van der Waals surface area (Å²) in [5.41, 5.74) is 5.31. The predicted molar refractivity (Wildman–Crippen MR) is 67.6 cm³/mol. The van der Waals surface area contributed by atoms with Crippen LogP contribution in [0.25, 0.3) is 0 Å². The minimum absolute atomic E-state index is 0.110. The number of rotatable bonds is 6. The summed E-state index contributed by atoms with van der Waals surface area (Å²) in [4.78, 5) is 6.55. The highest BCUT2D eigenvalue weighted by atomic mass is 32.2. The number of nitrogens with one attached hydrogen (secondary N) is 1. The minimum atomic E-state index is -4.58. The van der Waals surface area contributed by atoms with Crippen molar-refractivity contribution in [3.8, 4) is 0 Å². The van der Waals surface area contributed by atoms with Gasteiger partial charge in [0.05, 0.1) is 0 Å². The molecule has 0 unspecified atom stereocenters. The van der Waals surface area contributed by atoms with Crippen LogP contribution in [0, 0.1) is 0 Å². The van der Waals surface area contributed by atoms with E-state index in [2.05, 4.69) is 15.3 Å². The molecule has 0 aromatic carbocycles. The number of hydrogen-bond acceptors (Lipinski definition) is 5. The lowest BCUT2D eigenvalue weighted by Crippen LogP contribution is -2.15. The van der Waals surface area contributed by atoms with E-state index in [-0.39, 0.29) is 11.6 Å². The Labute approximate surface area is 108 Å². The van der Waals surface area contributed by atoms with E-state index in [9.17, 15) is 13.2 Å². The van der Waals surface area contributed by atoms with Gasteiger partial charge in [-0.1, -0.05) is 0 Å². The molecule has 4 nitrogen and oxygen atoms in total. The van der Waals surface area contributed by atoms with Crippen molar-refractivity contribution in [2.75, 3.05) is 29.6 Å². The van der Waals surface area contributed by atoms with Crippen molar-refractivity contribution in [3.63, 3.8) is 0 Å². The fraction of sp³-hybridized carbons (Fsp3) is 0.600. The van der Waals surface area contributed by atoms with Gasteiger partial charge in [-0.15, -0.1) is 0 Å². The number of alkyl halides is 3. The minimum Gasteiger partial charge on any atom is -0.384 e. The highest BCUT2D eigenvalue weighted by Crippen LogP contribution is 2.27. The molecule has 1 aromatic rings. The van der Waals surface area contributed by atoms with Gasteiger partial charge in [-0.25, -0.2) is 9.97 Å². The number of nitrogens with zero attached hydrogens (tertiary/aromatic N) is 2. The van der Waals surface area contributed by atoms with E-state index < -0.39 is 12.0 Å². The SMILES string of the molecule is CSCCCCNc1cc(N)nc(C(F)(F)F)n1. The van der Waals surface area contributed by atoms with Crippen LogP contribution in [0.15, 0.2) is 6.07 Å². The molecule has 0 aliphatic heterocycles. The molecule has 3 N–H and O–H groups in total. The first-order valence-corrected chi connectivity index (χ1v) is 6.77. The molecular weight excluding hydrogens is 265 g/mol. The second-order valence-electron chi connectivity index (χ2n) is 3.63. The van der Waals surface area contributed by atoms with E-state index in [4.69, 9.17) is 5.73 Å². The summed E-state index contributed by atoms with van der Waals surface area (Å²) >= 11 is 1.73. The molecule has 0 radical (unpaired) electrons. The quantitative estimate of drug-likeness (QED) is 0.784. The molecule has 0 bridgehead atoms. The Morgan fingerprint density at radius 3 is 2.67 bits per heavy atom. The molecule has 1 heterocycles. The Kier molecular flexibility index (Phi) is 5.52. The van der Waals surface area contributed by atoms with Crippen LogP contribution >= 0.6 is 11.8 Å². The average molecular weight is 280 g/mol. The highest BCUT2D eigenvalue weighted by Gasteiger charge is 2.35. The molecule has 0 spiro atoms. The zero-order chi connectivity index (χ0) is 13.6. The maximum atomic E-state index is 12.4. The Morgan fingerprint density at radius 1 is 1.33 bits per heavy atom. The molecule has 0 fully saturated rings. The van der Waals surface area contributed by atoms with Gasteiger partial charge in [0.15, 0.2) is 0 Å². The number of nitrogen functional groups attached to an aromatic ring is 1. The van der Waals surface area contributed by atoms with Crippen LogP contribution in [0.4, 0.5) is 24.8 Å². The molecule has 0 saturated heterocycles. The van der Waals surface area contributed by atoms with Crippen LogP contribution in [-0.2, 0) is 6.18 Å². The molecule has 1 rings (SSSR count). The second kappa shape index (κ2) is 6.67. The highest BCUT2D eigenvalue weighted by molar-refractivity contribution is 7.98. The molecular formula is C10H15F3N4S. The molecule has 0 amide bonds. The monoisotopic (exact) mass is 280 g/mol. The van der Waals surface area contributed by atoms with Gasteiger partial charge in [-0.3, -0.25) is 0 Å². The third-order valence-corrected chi connectivity index (χ3v) is 2.78. The predicted octanol–water partition coefficient (Wildman–Crippen LogP) is 2.63. The number of aromatic nitrogens is 2. The summed E-state index contributed by atoms with van der Waals surface area (Å²) in [7, 11) is 0. The molecule has 0 aliphatic carbocycles. The van der Waals surface area contributed by atoms with Gasteiger partial charge in [0.25, 0.3) is 0 Å². The Hall–Kier alpha value is -1.18. The van der Waals surface area contributed by atoms with Gasteiger partial charge < -0.3 is 11.1 Å². The third-order valence-electron chi connectivity index (χ3n) is 2.08. The van der Waals surface area contributed by atoms with Gasteiger partial charge in [-0.2, -0.15) is 24.9 Å². The molecule has 1 aromatic heterocycles. The maximum absolute atomic E-state index is 12.4. The summed E-state index contributed by atoms with van der Waals surface area (Å²) in [6.45, 7) is 0.564. The topological polar surface area (TPSA) is 63.8 Å². The van der Waals surface area contributed by atoms with Crippen molar-refractivity contribution >= 4 is 23.4 Å². The van der Waals surface area contributed by atoms with Gasteiger partial charge in [0, 0.05) is 12.6 Å². The number of unbranched alkanes of at least 4 members (excludes halogenated alkanes) is 1. The van der Waals surface area contributed by atoms with E-state index in [0.29, 0.717) is 6.54 Å². The fourth-order valence-electron chi connectivity index (χ4n) is 1.27. The number of nitrogens with two attached hydrogens (primary N) is 1. The third kappa shape index (κ3) is 4.99. The number of hydrogen-bond donors (Lipinski definition) is 2. The van der Waals surface area contributed by atoms with Crippen molar-refractivity contribution in [2.24, 2.45) is 0 Å². The van der Waals surface area contributed by atoms with E-state index in [1.165, 1.54) is 6.07 Å². The van der Waals surface area contributed by atoms with Crippen LogP contribution in [0.2, 0.25) is 0 Å². The van der Waals surface area contributed by atoms with Crippen molar-refractivity contribution < 1.29 is 13.2 Å². The number of anilines is 2. The first kappa shape index (κ1) is 14.9. The average Bonchev–Trinajstić information content (AvgIpc) is 2.27. The van der Waals surface area contributed by atoms with Crippen LogP contribution in [0.5, 0.6) is 0 Å². The van der Waals surface area contributed by atoms with E-state index in [1.807, 2.05) is 6.26 Å². The largest absolute Gasteiger partial charge is 0.451 e. The Balaban J connectivity index is 2.58. The first-order chi connectivity index (χ1) is 8.43. The number of thioether (sulfide) groups is 1. The lowest BCUT2D eigenvalue weighted by molar-refractivity contribution is -0.144. The lowest BCUT2D eigenvalue weighted by Gasteiger charge is -2.09. The summed E-state index contributed by atoms with van der Waals surface area (Å²) in [5.74, 6) is -0.265. The number of halogens is 3. The first-order valence-electron chi connectivity index (χ1n) is 5.38. The zero-order valence-corrected chi connectivity index (χ0v) is 10.7. The normalized spacial score (nSPS) is 11.6. The summed E-state index contributed by atoms with van der Waals surface area (Å²) < 4.78 is 37.3. The van der Waals surface area contributed by atoms with Gasteiger partial charge >= 0.3 is 6.18 Å². The summed E-state index contributed by atoms with van der Waals surface area (Å²) in [6.07, 6.45) is -0.703. The van der Waals surface area contributed by atoms with E-state index in [1.54, 1.807) is 11.8 Å². The second-order valence-corrected chi connectivity index (χ2v) is 4.61. The molecule has 0 atom stereocenters. The summed E-state index contributed by atoms with van der Waals surface area (Å²) in [5, 5.41) is 2.82. The van der Waals surface area contributed by atoms with Gasteiger partial charge in [-0.05, 0) is 24.9 Å². The van der Waals surface area contributed by atoms with Gasteiger partial charge in [0.2, 0.25) is 5.82 Å².